The van der Waals surface area contributed by atoms with Gasteiger partial charge in [-0.3, -0.25) is 4.79 Å². The second-order valence-electron chi connectivity index (χ2n) is 8.92. The minimum absolute atomic E-state index is 0.00851. The number of rotatable bonds is 6. The van der Waals surface area contributed by atoms with Gasteiger partial charge in [0.25, 0.3) is 5.56 Å². The zero-order chi connectivity index (χ0) is 21.4. The molecule has 1 saturated carbocycles. The van der Waals surface area contributed by atoms with Gasteiger partial charge in [-0.1, -0.05) is 23.7 Å². The molecule has 0 radical (unpaired) electrons. The van der Waals surface area contributed by atoms with Gasteiger partial charge in [0.05, 0.1) is 42.9 Å². The minimum atomic E-state index is -1.47. The van der Waals surface area contributed by atoms with E-state index in [2.05, 4.69) is 10.4 Å². The highest BCUT2D eigenvalue weighted by Gasteiger charge is 2.38. The molecule has 5 rings (SSSR count). The molecule has 166 valence electrons. The van der Waals surface area contributed by atoms with Crippen LogP contribution in [0.15, 0.2) is 35.3 Å². The van der Waals surface area contributed by atoms with E-state index in [0.717, 1.165) is 24.3 Å². The number of anilines is 1. The normalized spacial score (nSPS) is 28.6. The van der Waals surface area contributed by atoms with E-state index in [1.165, 1.54) is 23.7 Å². The molecule has 0 bridgehead atoms. The monoisotopic (exact) mass is 447 g/mol. The molecule has 1 aromatic heterocycles. The Balaban J connectivity index is 1.28. The number of alkyl halides is 1. The molecule has 1 aromatic carbocycles. The van der Waals surface area contributed by atoms with Crippen molar-refractivity contribution < 1.29 is 13.9 Å². The van der Waals surface area contributed by atoms with Crippen LogP contribution in [0.3, 0.4) is 0 Å². The molecule has 31 heavy (non-hydrogen) atoms. The molecule has 3 atom stereocenters. The van der Waals surface area contributed by atoms with E-state index in [1.54, 1.807) is 0 Å². The van der Waals surface area contributed by atoms with E-state index >= 15 is 0 Å². The summed E-state index contributed by atoms with van der Waals surface area (Å²) in [5, 5.41) is 7.16. The number of hydrogen-bond acceptors (Lipinski definition) is 5. The Labute approximate surface area is 185 Å². The number of nitrogens with one attached hydrogen (secondary N) is 1. The van der Waals surface area contributed by atoms with Crippen LogP contribution in [-0.4, -0.2) is 41.3 Å². The molecule has 3 aliphatic rings. The molecule has 1 N–H and O–H groups in total. The summed E-state index contributed by atoms with van der Waals surface area (Å²) in [5.74, 6) is 0.749. The summed E-state index contributed by atoms with van der Waals surface area (Å²) < 4.78 is 27.4. The average molecular weight is 448 g/mol. The molecule has 2 aromatic rings. The third-order valence-electron chi connectivity index (χ3n) is 6.50. The van der Waals surface area contributed by atoms with Crippen molar-refractivity contribution in [1.29, 1.82) is 0 Å². The molecule has 0 amide bonds. The first-order chi connectivity index (χ1) is 15.0. The highest BCUT2D eigenvalue weighted by molar-refractivity contribution is 6.32. The summed E-state index contributed by atoms with van der Waals surface area (Å²) in [6.45, 7) is 0.646. The summed E-state index contributed by atoms with van der Waals surface area (Å²) in [6, 6.07) is 7.69. The zero-order valence-electron chi connectivity index (χ0n) is 17.4. The largest absolute Gasteiger partial charge is 0.379 e. The molecule has 2 saturated heterocycles. The quantitative estimate of drug-likeness (QED) is 0.708. The Kier molecular flexibility index (Phi) is 5.75. The number of ether oxygens (including phenoxy) is 2. The maximum Gasteiger partial charge on any atom is 0.292 e. The standard InChI is InChI=1S/C23H27ClFN3O3/c24-21-18(26-13-23(25)10-1-11-30-14-23)12-27-28(22(21)29)17-6-4-16(5-7-17)20-9-8-19(31-20)15-2-3-15/h4-7,12,15,19-20,26H,1-3,8-11,13-14H2/t19-,20+,23-/m0/s1. The SMILES string of the molecule is O=c1c(Cl)c(NC[C@@]2(F)CCCOC2)cnn1-c1ccc([C@H]2CC[C@@H](C3CC3)O2)cc1. The van der Waals surface area contributed by atoms with Gasteiger partial charge in [-0.05, 0) is 62.1 Å². The van der Waals surface area contributed by atoms with E-state index in [4.69, 9.17) is 21.1 Å². The molecular weight excluding hydrogens is 421 g/mol. The van der Waals surface area contributed by atoms with Crippen molar-refractivity contribution in [3.8, 4) is 5.69 Å². The number of nitrogens with zero attached hydrogens (tertiary/aromatic N) is 2. The number of aromatic nitrogens is 2. The van der Waals surface area contributed by atoms with E-state index in [9.17, 15) is 9.18 Å². The summed E-state index contributed by atoms with van der Waals surface area (Å²) in [7, 11) is 0. The van der Waals surface area contributed by atoms with Crippen LogP contribution in [0.4, 0.5) is 10.1 Å². The topological polar surface area (TPSA) is 65.4 Å². The van der Waals surface area contributed by atoms with Gasteiger partial charge in [0, 0.05) is 6.61 Å². The Bertz CT molecular complexity index is 987. The molecule has 1 aliphatic carbocycles. The van der Waals surface area contributed by atoms with Crippen LogP contribution in [0.1, 0.15) is 50.2 Å². The van der Waals surface area contributed by atoms with Gasteiger partial charge in [0.1, 0.15) is 5.02 Å². The maximum atomic E-state index is 14.7. The molecule has 3 heterocycles. The number of halogens is 2. The van der Waals surface area contributed by atoms with Crippen molar-refractivity contribution in [2.45, 2.75) is 56.4 Å². The Morgan fingerprint density at radius 2 is 2.03 bits per heavy atom. The van der Waals surface area contributed by atoms with Crippen LogP contribution in [0, 0.1) is 5.92 Å². The molecule has 3 fully saturated rings. The lowest BCUT2D eigenvalue weighted by Crippen LogP contribution is -2.40. The molecule has 0 spiro atoms. The van der Waals surface area contributed by atoms with Gasteiger partial charge in [-0.15, -0.1) is 0 Å². The summed E-state index contributed by atoms with van der Waals surface area (Å²) in [5.41, 5.74) is 0.159. The van der Waals surface area contributed by atoms with Crippen molar-refractivity contribution in [2.75, 3.05) is 25.1 Å². The van der Waals surface area contributed by atoms with Gasteiger partial charge in [-0.25, -0.2) is 4.39 Å². The highest BCUT2D eigenvalue weighted by Crippen LogP contribution is 2.44. The predicted molar refractivity (Wildman–Crippen MR) is 117 cm³/mol. The fourth-order valence-corrected chi connectivity index (χ4v) is 4.70. The first-order valence-corrected chi connectivity index (χ1v) is 11.4. The van der Waals surface area contributed by atoms with Crippen LogP contribution < -0.4 is 10.9 Å². The Morgan fingerprint density at radius 1 is 1.23 bits per heavy atom. The minimum Gasteiger partial charge on any atom is -0.379 e. The third-order valence-corrected chi connectivity index (χ3v) is 6.86. The Hall–Kier alpha value is -1.96. The van der Waals surface area contributed by atoms with E-state index in [0.29, 0.717) is 36.9 Å². The molecule has 2 aliphatic heterocycles. The fraction of sp³-hybridized carbons (Fsp3) is 0.565. The first-order valence-electron chi connectivity index (χ1n) is 11.1. The van der Waals surface area contributed by atoms with Gasteiger partial charge in [0.15, 0.2) is 5.67 Å². The summed E-state index contributed by atoms with van der Waals surface area (Å²) in [4.78, 5) is 12.8. The van der Waals surface area contributed by atoms with Crippen molar-refractivity contribution in [1.82, 2.24) is 9.78 Å². The lowest BCUT2D eigenvalue weighted by molar-refractivity contribution is -0.0234. The van der Waals surface area contributed by atoms with Crippen LogP contribution in [0.2, 0.25) is 5.02 Å². The van der Waals surface area contributed by atoms with Crippen molar-refractivity contribution in [3.05, 3.63) is 51.4 Å². The van der Waals surface area contributed by atoms with Crippen LogP contribution in [-0.2, 0) is 9.47 Å². The van der Waals surface area contributed by atoms with Crippen LogP contribution in [0.5, 0.6) is 0 Å². The maximum absolute atomic E-state index is 14.7. The fourth-order valence-electron chi connectivity index (χ4n) is 4.50. The van der Waals surface area contributed by atoms with Gasteiger partial charge < -0.3 is 14.8 Å². The van der Waals surface area contributed by atoms with Crippen LogP contribution in [0.25, 0.3) is 5.69 Å². The molecule has 0 unspecified atom stereocenters. The first kappa shape index (κ1) is 20.9. The zero-order valence-corrected chi connectivity index (χ0v) is 18.1. The summed E-state index contributed by atoms with van der Waals surface area (Å²) >= 11 is 6.29. The predicted octanol–water partition coefficient (Wildman–Crippen LogP) is 4.45. The molecule has 6 nitrogen and oxygen atoms in total. The van der Waals surface area contributed by atoms with Crippen molar-refractivity contribution in [2.24, 2.45) is 5.92 Å². The Morgan fingerprint density at radius 3 is 2.74 bits per heavy atom. The number of benzene rings is 1. The lowest BCUT2D eigenvalue weighted by atomic mass is 9.99. The lowest BCUT2D eigenvalue weighted by Gasteiger charge is -2.29. The van der Waals surface area contributed by atoms with Gasteiger partial charge in [-0.2, -0.15) is 9.78 Å². The molecule has 8 heteroatoms. The average Bonchev–Trinajstić information content (AvgIpc) is 3.52. The molecular formula is C23H27ClFN3O3. The van der Waals surface area contributed by atoms with E-state index < -0.39 is 11.2 Å². The van der Waals surface area contributed by atoms with Crippen molar-refractivity contribution >= 4 is 17.3 Å². The van der Waals surface area contributed by atoms with Gasteiger partial charge in [0.2, 0.25) is 0 Å². The third kappa shape index (κ3) is 4.49. The number of hydrogen-bond donors (Lipinski definition) is 1. The van der Waals surface area contributed by atoms with E-state index in [1.807, 2.05) is 24.3 Å². The second kappa shape index (κ2) is 8.52. The second-order valence-corrected chi connectivity index (χ2v) is 9.30. The summed E-state index contributed by atoms with van der Waals surface area (Å²) in [6.07, 6.45) is 7.81. The van der Waals surface area contributed by atoms with Gasteiger partial charge >= 0.3 is 0 Å². The van der Waals surface area contributed by atoms with Crippen molar-refractivity contribution in [3.63, 3.8) is 0 Å². The van der Waals surface area contributed by atoms with Crippen LogP contribution >= 0.6 is 11.6 Å². The van der Waals surface area contributed by atoms with E-state index in [-0.39, 0.29) is 24.3 Å². The highest BCUT2D eigenvalue weighted by atomic mass is 35.5. The smallest absolute Gasteiger partial charge is 0.292 e.